The van der Waals surface area contributed by atoms with Gasteiger partial charge in [-0.25, -0.2) is 13.8 Å². The number of ether oxygens (including phenoxy) is 1. The second-order valence-electron chi connectivity index (χ2n) is 5.51. The third-order valence-corrected chi connectivity index (χ3v) is 5.28. The Kier molecular flexibility index (Phi) is 7.37. The molecule has 0 atom stereocenters. The Balaban J connectivity index is 2.07. The first-order valence-electron chi connectivity index (χ1n) is 8.08. The van der Waals surface area contributed by atoms with Crippen LogP contribution in [-0.4, -0.2) is 39.9 Å². The molecule has 0 unspecified atom stereocenters. The van der Waals surface area contributed by atoms with Crippen molar-refractivity contribution in [2.45, 2.75) is 6.92 Å². The zero-order valence-electron chi connectivity index (χ0n) is 14.9. The van der Waals surface area contributed by atoms with Crippen molar-refractivity contribution in [3.05, 3.63) is 58.6 Å². The molecular formula is C18H20BrN3O4S. The number of amides is 1. The van der Waals surface area contributed by atoms with Crippen molar-refractivity contribution in [2.75, 3.05) is 23.7 Å². The van der Waals surface area contributed by atoms with Gasteiger partial charge in [0.2, 0.25) is 10.0 Å². The van der Waals surface area contributed by atoms with Gasteiger partial charge in [0.25, 0.3) is 5.91 Å². The molecule has 0 heterocycles. The molecular weight excluding hydrogens is 434 g/mol. The van der Waals surface area contributed by atoms with Crippen LogP contribution in [0, 0.1) is 0 Å². The van der Waals surface area contributed by atoms with Crippen molar-refractivity contribution in [1.82, 2.24) is 5.43 Å². The van der Waals surface area contributed by atoms with Crippen molar-refractivity contribution in [3.8, 4) is 5.75 Å². The Morgan fingerprint density at radius 2 is 1.89 bits per heavy atom. The van der Waals surface area contributed by atoms with Gasteiger partial charge in [0.1, 0.15) is 12.3 Å². The number of hydrazone groups is 1. The first-order valence-corrected chi connectivity index (χ1v) is 10.7. The summed E-state index contributed by atoms with van der Waals surface area (Å²) < 4.78 is 31.4. The van der Waals surface area contributed by atoms with E-state index < -0.39 is 15.9 Å². The molecule has 0 aromatic heterocycles. The van der Waals surface area contributed by atoms with Gasteiger partial charge in [-0.15, -0.1) is 0 Å². The molecule has 0 radical (unpaired) electrons. The molecule has 2 rings (SSSR count). The van der Waals surface area contributed by atoms with E-state index in [1.165, 1.54) is 6.21 Å². The number of halogens is 1. The minimum atomic E-state index is -3.65. The van der Waals surface area contributed by atoms with Crippen LogP contribution in [0.4, 0.5) is 5.69 Å². The van der Waals surface area contributed by atoms with Crippen molar-refractivity contribution >= 4 is 43.8 Å². The quantitative estimate of drug-likeness (QED) is 0.491. The SMILES string of the molecule is CCOc1ccc(N(CC(=O)N/N=C\c2ccccc2Br)S(C)(=O)=O)cc1. The summed E-state index contributed by atoms with van der Waals surface area (Å²) in [6.45, 7) is 1.97. The number of carbonyl (C=O) groups is 1. The Morgan fingerprint density at radius 1 is 1.22 bits per heavy atom. The summed E-state index contributed by atoms with van der Waals surface area (Å²) in [6.07, 6.45) is 2.52. The van der Waals surface area contributed by atoms with Gasteiger partial charge in [-0.3, -0.25) is 9.10 Å². The lowest BCUT2D eigenvalue weighted by molar-refractivity contribution is -0.119. The molecule has 144 valence electrons. The van der Waals surface area contributed by atoms with Crippen molar-refractivity contribution in [3.63, 3.8) is 0 Å². The van der Waals surface area contributed by atoms with Crippen LogP contribution in [0.2, 0.25) is 0 Å². The van der Waals surface area contributed by atoms with Gasteiger partial charge >= 0.3 is 0 Å². The van der Waals surface area contributed by atoms with Crippen LogP contribution < -0.4 is 14.5 Å². The predicted octanol–water partition coefficient (Wildman–Crippen LogP) is 2.76. The van der Waals surface area contributed by atoms with Gasteiger partial charge in [-0.2, -0.15) is 5.10 Å². The molecule has 0 aliphatic rings. The molecule has 9 heteroatoms. The number of hydrogen-bond donors (Lipinski definition) is 1. The summed E-state index contributed by atoms with van der Waals surface area (Å²) in [6, 6.07) is 13.8. The molecule has 1 amide bonds. The molecule has 0 aliphatic heterocycles. The van der Waals surface area contributed by atoms with E-state index in [1.54, 1.807) is 24.3 Å². The average molecular weight is 454 g/mol. The van der Waals surface area contributed by atoms with Crippen LogP contribution in [0.1, 0.15) is 12.5 Å². The summed E-state index contributed by atoms with van der Waals surface area (Å²) >= 11 is 3.38. The molecule has 7 nitrogen and oxygen atoms in total. The maximum atomic E-state index is 12.2. The van der Waals surface area contributed by atoms with Crippen LogP contribution in [0.3, 0.4) is 0 Å². The highest BCUT2D eigenvalue weighted by molar-refractivity contribution is 9.10. The molecule has 0 bridgehead atoms. The normalized spacial score (nSPS) is 11.4. The molecule has 0 saturated heterocycles. The number of rotatable bonds is 8. The molecule has 1 N–H and O–H groups in total. The van der Waals surface area contributed by atoms with E-state index in [2.05, 4.69) is 26.5 Å². The fraction of sp³-hybridized carbons (Fsp3) is 0.222. The molecule has 0 aliphatic carbocycles. The summed E-state index contributed by atoms with van der Waals surface area (Å²) in [5.41, 5.74) is 3.49. The molecule has 0 spiro atoms. The third kappa shape index (κ3) is 6.37. The molecule has 27 heavy (non-hydrogen) atoms. The Hall–Kier alpha value is -2.39. The fourth-order valence-electron chi connectivity index (χ4n) is 2.19. The van der Waals surface area contributed by atoms with Crippen molar-refractivity contribution < 1.29 is 17.9 Å². The van der Waals surface area contributed by atoms with Crippen molar-refractivity contribution in [1.29, 1.82) is 0 Å². The molecule has 0 fully saturated rings. The van der Waals surface area contributed by atoms with Crippen LogP contribution >= 0.6 is 15.9 Å². The van der Waals surface area contributed by atoms with E-state index in [1.807, 2.05) is 31.2 Å². The maximum Gasteiger partial charge on any atom is 0.260 e. The van der Waals surface area contributed by atoms with E-state index >= 15 is 0 Å². The lowest BCUT2D eigenvalue weighted by atomic mass is 10.2. The Bertz CT molecular complexity index is 914. The lowest BCUT2D eigenvalue weighted by Crippen LogP contribution is -2.39. The number of nitrogens with one attached hydrogen (secondary N) is 1. The summed E-state index contributed by atoms with van der Waals surface area (Å²) in [7, 11) is -3.65. The Morgan fingerprint density at radius 3 is 2.48 bits per heavy atom. The number of hydrogen-bond acceptors (Lipinski definition) is 5. The number of sulfonamides is 1. The zero-order valence-corrected chi connectivity index (χ0v) is 17.3. The molecule has 2 aromatic rings. The average Bonchev–Trinajstić information content (AvgIpc) is 2.61. The molecule has 2 aromatic carbocycles. The van der Waals surface area contributed by atoms with Crippen LogP contribution in [0.15, 0.2) is 58.1 Å². The highest BCUT2D eigenvalue weighted by atomic mass is 79.9. The van der Waals surface area contributed by atoms with E-state index in [0.29, 0.717) is 18.0 Å². The van der Waals surface area contributed by atoms with E-state index in [9.17, 15) is 13.2 Å². The fourth-order valence-corrected chi connectivity index (χ4v) is 3.44. The van der Waals surface area contributed by atoms with Crippen LogP contribution in [0.25, 0.3) is 0 Å². The van der Waals surface area contributed by atoms with Gasteiger partial charge in [-0.1, -0.05) is 34.1 Å². The minimum Gasteiger partial charge on any atom is -0.494 e. The van der Waals surface area contributed by atoms with Gasteiger partial charge in [0.05, 0.1) is 24.8 Å². The topological polar surface area (TPSA) is 88.1 Å². The number of carbonyl (C=O) groups excluding carboxylic acids is 1. The van der Waals surface area contributed by atoms with Gasteiger partial charge in [0, 0.05) is 10.0 Å². The second kappa shape index (κ2) is 9.52. The van der Waals surface area contributed by atoms with Gasteiger partial charge in [0.15, 0.2) is 0 Å². The zero-order chi connectivity index (χ0) is 19.9. The summed E-state index contributed by atoms with van der Waals surface area (Å²) in [5, 5.41) is 3.87. The first kappa shape index (κ1) is 20.9. The third-order valence-electron chi connectivity index (χ3n) is 3.42. The lowest BCUT2D eigenvalue weighted by Gasteiger charge is -2.21. The highest BCUT2D eigenvalue weighted by Crippen LogP contribution is 2.21. The highest BCUT2D eigenvalue weighted by Gasteiger charge is 2.20. The van der Waals surface area contributed by atoms with Gasteiger partial charge in [-0.05, 0) is 37.3 Å². The van der Waals surface area contributed by atoms with Crippen LogP contribution in [0.5, 0.6) is 5.75 Å². The Labute approximate surface area is 167 Å². The number of benzene rings is 2. The predicted molar refractivity (Wildman–Crippen MR) is 110 cm³/mol. The largest absolute Gasteiger partial charge is 0.494 e. The molecule has 0 saturated carbocycles. The smallest absolute Gasteiger partial charge is 0.260 e. The monoisotopic (exact) mass is 453 g/mol. The minimum absolute atomic E-state index is 0.367. The van der Waals surface area contributed by atoms with E-state index in [0.717, 1.165) is 20.6 Å². The van der Waals surface area contributed by atoms with E-state index in [-0.39, 0.29) is 6.54 Å². The van der Waals surface area contributed by atoms with Crippen molar-refractivity contribution in [2.24, 2.45) is 5.10 Å². The van der Waals surface area contributed by atoms with Crippen LogP contribution in [-0.2, 0) is 14.8 Å². The first-order chi connectivity index (χ1) is 12.8. The summed E-state index contributed by atoms with van der Waals surface area (Å²) in [5.74, 6) is 0.0646. The van der Waals surface area contributed by atoms with Gasteiger partial charge < -0.3 is 4.74 Å². The number of anilines is 1. The second-order valence-corrected chi connectivity index (χ2v) is 8.27. The standard InChI is InChI=1S/C18H20BrN3O4S/c1-3-26-16-10-8-15(9-11-16)22(27(2,24)25)13-18(23)21-20-12-14-6-4-5-7-17(14)19/h4-12H,3,13H2,1-2H3,(H,21,23)/b20-12-. The number of nitrogens with zero attached hydrogens (tertiary/aromatic N) is 2. The maximum absolute atomic E-state index is 12.2. The summed E-state index contributed by atoms with van der Waals surface area (Å²) in [4.78, 5) is 12.2. The van der Waals surface area contributed by atoms with E-state index in [4.69, 9.17) is 4.74 Å².